The Kier molecular flexibility index (Phi) is 6.77. The molecule has 3 aromatic carbocycles. The van der Waals surface area contributed by atoms with Crippen LogP contribution in [0.3, 0.4) is 0 Å². The van der Waals surface area contributed by atoms with E-state index in [2.05, 4.69) is 70.1 Å². The molecule has 1 aromatic heterocycles. The fourth-order valence-electron chi connectivity index (χ4n) is 4.78. The number of anilines is 2. The number of fused-ring (bicyclic) bond motifs is 2. The van der Waals surface area contributed by atoms with Crippen molar-refractivity contribution in [3.63, 3.8) is 0 Å². The van der Waals surface area contributed by atoms with E-state index in [1.54, 1.807) is 0 Å². The van der Waals surface area contributed by atoms with Crippen LogP contribution in [0.25, 0.3) is 21.7 Å². The van der Waals surface area contributed by atoms with Gasteiger partial charge >= 0.3 is 0 Å². The lowest BCUT2D eigenvalue weighted by Crippen LogP contribution is -2.38. The van der Waals surface area contributed by atoms with E-state index in [0.717, 1.165) is 60.6 Å². The van der Waals surface area contributed by atoms with Gasteiger partial charge in [-0.05, 0) is 60.7 Å². The summed E-state index contributed by atoms with van der Waals surface area (Å²) in [5.41, 5.74) is 0.977. The van der Waals surface area contributed by atoms with Gasteiger partial charge in [0, 0.05) is 38.1 Å². The lowest BCUT2D eigenvalue weighted by atomic mass is 9.91. The SMILES string of the molecule is CN(C)c1nc(NC2CCC(NCCOc3ccc4ccccc4c3)CC2)nc2ccccc12. The summed E-state index contributed by atoms with van der Waals surface area (Å²) < 4.78 is 5.98. The van der Waals surface area contributed by atoms with Gasteiger partial charge in [0.05, 0.1) is 5.52 Å². The van der Waals surface area contributed by atoms with Crippen LogP contribution in [-0.4, -0.2) is 49.3 Å². The van der Waals surface area contributed by atoms with E-state index in [1.165, 1.54) is 10.8 Å². The van der Waals surface area contributed by atoms with Gasteiger partial charge in [-0.25, -0.2) is 4.98 Å². The third kappa shape index (κ3) is 5.23. The Bertz CT molecular complexity index is 1250. The molecule has 2 N–H and O–H groups in total. The molecule has 0 radical (unpaired) electrons. The molecule has 1 aliphatic rings. The number of nitrogens with zero attached hydrogens (tertiary/aromatic N) is 3. The summed E-state index contributed by atoms with van der Waals surface area (Å²) in [5.74, 6) is 2.61. The summed E-state index contributed by atoms with van der Waals surface area (Å²) in [7, 11) is 4.05. The number of rotatable bonds is 8. The standard InChI is InChI=1S/C28H33N5O/c1-33(2)27-25-9-5-6-10-26(25)31-28(32-27)30-23-14-12-22(13-15-23)29-17-18-34-24-16-11-20-7-3-4-8-21(20)19-24/h3-11,16,19,22-23,29H,12-15,17-18H2,1-2H3,(H,30,31,32). The van der Waals surface area contributed by atoms with Gasteiger partial charge in [-0.15, -0.1) is 0 Å². The third-order valence-corrected chi connectivity index (χ3v) is 6.59. The first-order valence-electron chi connectivity index (χ1n) is 12.2. The minimum atomic E-state index is 0.406. The van der Waals surface area contributed by atoms with Gasteiger partial charge in [0.15, 0.2) is 0 Å². The average molecular weight is 456 g/mol. The predicted molar refractivity (Wildman–Crippen MR) is 141 cm³/mol. The van der Waals surface area contributed by atoms with Crippen molar-refractivity contribution in [3.05, 3.63) is 66.7 Å². The molecule has 5 rings (SSSR count). The van der Waals surface area contributed by atoms with Crippen molar-refractivity contribution in [1.29, 1.82) is 0 Å². The monoisotopic (exact) mass is 455 g/mol. The van der Waals surface area contributed by atoms with Crippen molar-refractivity contribution < 1.29 is 4.74 Å². The Morgan fingerprint density at radius 2 is 1.59 bits per heavy atom. The second-order valence-corrected chi connectivity index (χ2v) is 9.29. The number of hydrogen-bond donors (Lipinski definition) is 2. The molecule has 0 atom stereocenters. The predicted octanol–water partition coefficient (Wildman–Crippen LogP) is 5.24. The van der Waals surface area contributed by atoms with Gasteiger partial charge in [0.2, 0.25) is 5.95 Å². The normalized spacial score (nSPS) is 18.2. The summed E-state index contributed by atoms with van der Waals surface area (Å²) in [5, 5.41) is 10.8. The van der Waals surface area contributed by atoms with Gasteiger partial charge in [0.25, 0.3) is 0 Å². The second-order valence-electron chi connectivity index (χ2n) is 9.29. The fraction of sp³-hybridized carbons (Fsp3) is 0.357. The van der Waals surface area contributed by atoms with Crippen LogP contribution < -0.4 is 20.3 Å². The number of benzene rings is 3. The first-order chi connectivity index (χ1) is 16.7. The van der Waals surface area contributed by atoms with Crippen LogP contribution in [0.4, 0.5) is 11.8 Å². The largest absolute Gasteiger partial charge is 0.492 e. The van der Waals surface area contributed by atoms with E-state index in [4.69, 9.17) is 14.7 Å². The quantitative estimate of drug-likeness (QED) is 0.354. The molecule has 1 fully saturated rings. The summed E-state index contributed by atoms with van der Waals surface area (Å²) in [6.07, 6.45) is 4.50. The van der Waals surface area contributed by atoms with Crippen molar-refractivity contribution in [3.8, 4) is 5.75 Å². The third-order valence-electron chi connectivity index (χ3n) is 6.59. The molecule has 1 saturated carbocycles. The molecule has 0 amide bonds. The van der Waals surface area contributed by atoms with Gasteiger partial charge < -0.3 is 20.3 Å². The zero-order valence-corrected chi connectivity index (χ0v) is 20.0. The topological polar surface area (TPSA) is 62.3 Å². The highest BCUT2D eigenvalue weighted by molar-refractivity contribution is 5.90. The molecule has 4 aromatic rings. The average Bonchev–Trinajstić information content (AvgIpc) is 2.87. The molecule has 0 aliphatic heterocycles. The summed E-state index contributed by atoms with van der Waals surface area (Å²) >= 11 is 0. The maximum absolute atomic E-state index is 5.98. The number of nitrogens with one attached hydrogen (secondary N) is 2. The zero-order chi connectivity index (χ0) is 23.3. The lowest BCUT2D eigenvalue weighted by Gasteiger charge is -2.30. The molecule has 1 aliphatic carbocycles. The van der Waals surface area contributed by atoms with Crippen LogP contribution in [-0.2, 0) is 0 Å². The van der Waals surface area contributed by atoms with Gasteiger partial charge in [-0.3, -0.25) is 0 Å². The van der Waals surface area contributed by atoms with Gasteiger partial charge in [-0.2, -0.15) is 4.98 Å². The Labute approximate surface area is 201 Å². The maximum atomic E-state index is 5.98. The number of hydrogen-bond acceptors (Lipinski definition) is 6. The number of para-hydroxylation sites is 1. The van der Waals surface area contributed by atoms with Crippen LogP contribution in [0.15, 0.2) is 66.7 Å². The van der Waals surface area contributed by atoms with Gasteiger partial charge in [-0.1, -0.05) is 42.5 Å². The molecule has 0 saturated heterocycles. The molecular weight excluding hydrogens is 422 g/mol. The van der Waals surface area contributed by atoms with Crippen molar-refractivity contribution in [2.45, 2.75) is 37.8 Å². The van der Waals surface area contributed by atoms with Crippen LogP contribution in [0.5, 0.6) is 5.75 Å². The Balaban J connectivity index is 1.08. The molecular formula is C28H33N5O. The molecule has 0 bridgehead atoms. The minimum absolute atomic E-state index is 0.406. The zero-order valence-electron chi connectivity index (χ0n) is 20.0. The minimum Gasteiger partial charge on any atom is -0.492 e. The van der Waals surface area contributed by atoms with Crippen molar-refractivity contribution in [1.82, 2.24) is 15.3 Å². The first kappa shape index (κ1) is 22.4. The van der Waals surface area contributed by atoms with E-state index in [0.29, 0.717) is 18.7 Å². The molecule has 34 heavy (non-hydrogen) atoms. The molecule has 0 spiro atoms. The number of ether oxygens (including phenoxy) is 1. The smallest absolute Gasteiger partial charge is 0.225 e. The highest BCUT2D eigenvalue weighted by Gasteiger charge is 2.22. The molecule has 0 unspecified atom stereocenters. The highest BCUT2D eigenvalue weighted by atomic mass is 16.5. The molecule has 6 nitrogen and oxygen atoms in total. The Morgan fingerprint density at radius 1 is 0.853 bits per heavy atom. The van der Waals surface area contributed by atoms with Crippen molar-refractivity contribution in [2.75, 3.05) is 37.5 Å². The Morgan fingerprint density at radius 3 is 2.41 bits per heavy atom. The molecule has 6 heteroatoms. The van der Waals surface area contributed by atoms with Crippen LogP contribution in [0.1, 0.15) is 25.7 Å². The first-order valence-corrected chi connectivity index (χ1v) is 12.2. The highest BCUT2D eigenvalue weighted by Crippen LogP contribution is 2.26. The van der Waals surface area contributed by atoms with E-state index in [1.807, 2.05) is 26.2 Å². The molecule has 176 valence electrons. The molecule has 1 heterocycles. The van der Waals surface area contributed by atoms with Crippen molar-refractivity contribution >= 4 is 33.4 Å². The summed E-state index contributed by atoms with van der Waals surface area (Å²) in [6, 6.07) is 23.8. The van der Waals surface area contributed by atoms with Crippen LogP contribution >= 0.6 is 0 Å². The van der Waals surface area contributed by atoms with Crippen LogP contribution in [0.2, 0.25) is 0 Å². The lowest BCUT2D eigenvalue weighted by molar-refractivity contribution is 0.285. The van der Waals surface area contributed by atoms with E-state index < -0.39 is 0 Å². The van der Waals surface area contributed by atoms with E-state index in [9.17, 15) is 0 Å². The fourth-order valence-corrected chi connectivity index (χ4v) is 4.78. The Hall–Kier alpha value is -3.38. The number of aromatic nitrogens is 2. The van der Waals surface area contributed by atoms with Gasteiger partial charge in [0.1, 0.15) is 18.2 Å². The van der Waals surface area contributed by atoms with E-state index in [-0.39, 0.29) is 0 Å². The van der Waals surface area contributed by atoms with E-state index >= 15 is 0 Å². The maximum Gasteiger partial charge on any atom is 0.225 e. The summed E-state index contributed by atoms with van der Waals surface area (Å²) in [4.78, 5) is 11.6. The summed E-state index contributed by atoms with van der Waals surface area (Å²) in [6.45, 7) is 1.53. The van der Waals surface area contributed by atoms with Crippen molar-refractivity contribution in [2.24, 2.45) is 0 Å². The van der Waals surface area contributed by atoms with Crippen LogP contribution in [0, 0.1) is 0 Å². The second kappa shape index (κ2) is 10.3.